The zero-order valence-electron chi connectivity index (χ0n) is 20.9. The van der Waals surface area contributed by atoms with Gasteiger partial charge in [0.15, 0.2) is 0 Å². The Balaban J connectivity index is 1.81. The van der Waals surface area contributed by atoms with Crippen molar-refractivity contribution < 1.29 is 29.3 Å². The van der Waals surface area contributed by atoms with Gasteiger partial charge in [-0.2, -0.15) is 0 Å². The molecule has 0 bridgehead atoms. The molecule has 2 aliphatic heterocycles. The highest BCUT2D eigenvalue weighted by atomic mass is 32.1. The standard InChI is InChI=1S/C25H38N2O6S/c1-13(7-17-12-34-16(4)27-17)18-8-19-20(32-19)11-26-10-14(2)23(30)15(3)24(31)25(5,6)21(28)9-22(29)33-18/h7,12,14-15,18-21,23,26,28,30H,8-11H2,1-6H3/b13-7+/t14-,15+,18-,19-,20+,21-,23-/m0/s1. The third kappa shape index (κ3) is 6.51. The summed E-state index contributed by atoms with van der Waals surface area (Å²) >= 11 is 1.55. The number of esters is 1. The van der Waals surface area contributed by atoms with E-state index < -0.39 is 35.6 Å². The minimum Gasteiger partial charge on any atom is -0.458 e. The molecule has 8 nitrogen and oxygen atoms in total. The maximum Gasteiger partial charge on any atom is 0.309 e. The molecule has 3 N–H and O–H groups in total. The zero-order chi connectivity index (χ0) is 25.2. The van der Waals surface area contributed by atoms with Gasteiger partial charge in [0.2, 0.25) is 0 Å². The molecule has 0 spiro atoms. The van der Waals surface area contributed by atoms with Crippen LogP contribution < -0.4 is 5.32 Å². The summed E-state index contributed by atoms with van der Waals surface area (Å²) in [6, 6.07) is 0. The highest BCUT2D eigenvalue weighted by molar-refractivity contribution is 7.09. The normalized spacial score (nSPS) is 36.0. The van der Waals surface area contributed by atoms with Gasteiger partial charge in [-0.25, -0.2) is 4.98 Å². The third-order valence-corrected chi connectivity index (χ3v) is 7.87. The van der Waals surface area contributed by atoms with E-state index in [9.17, 15) is 19.8 Å². The number of Topliss-reactive ketones (excluding diaryl/α,β-unsaturated/α-hetero) is 1. The van der Waals surface area contributed by atoms with Crippen molar-refractivity contribution in [2.45, 2.75) is 84.9 Å². The third-order valence-electron chi connectivity index (χ3n) is 7.08. The van der Waals surface area contributed by atoms with E-state index >= 15 is 0 Å². The lowest BCUT2D eigenvalue weighted by Crippen LogP contribution is -2.47. The fourth-order valence-corrected chi connectivity index (χ4v) is 5.04. The molecule has 0 radical (unpaired) electrons. The fraction of sp³-hybridized carbons (Fsp3) is 0.720. The second-order valence-corrected chi connectivity index (χ2v) is 11.4. The minimum atomic E-state index is -1.24. The Labute approximate surface area is 205 Å². The van der Waals surface area contributed by atoms with Gasteiger partial charge < -0.3 is 25.0 Å². The molecular formula is C25H38N2O6S. The Bertz CT molecular complexity index is 913. The van der Waals surface area contributed by atoms with Crippen LogP contribution in [0.25, 0.3) is 6.08 Å². The number of thiazole rings is 1. The molecule has 0 aliphatic carbocycles. The van der Waals surface area contributed by atoms with Gasteiger partial charge >= 0.3 is 5.97 Å². The lowest BCUT2D eigenvalue weighted by molar-refractivity contribution is -0.154. The molecule has 0 amide bonds. The van der Waals surface area contributed by atoms with Crippen LogP contribution in [0, 0.1) is 24.2 Å². The Morgan fingerprint density at radius 1 is 1.24 bits per heavy atom. The predicted molar refractivity (Wildman–Crippen MR) is 130 cm³/mol. The quantitative estimate of drug-likeness (QED) is 0.424. The molecule has 2 fully saturated rings. The van der Waals surface area contributed by atoms with Crippen LogP contribution in [0.4, 0.5) is 0 Å². The second kappa shape index (κ2) is 11.0. The molecule has 0 unspecified atom stereocenters. The summed E-state index contributed by atoms with van der Waals surface area (Å²) in [4.78, 5) is 30.4. The molecule has 3 heterocycles. The van der Waals surface area contributed by atoms with E-state index in [-0.39, 0.29) is 30.3 Å². The van der Waals surface area contributed by atoms with Gasteiger partial charge in [-0.05, 0) is 31.4 Å². The second-order valence-electron chi connectivity index (χ2n) is 10.3. The van der Waals surface area contributed by atoms with Gasteiger partial charge in [0.05, 0.1) is 47.0 Å². The van der Waals surface area contributed by atoms with E-state index in [1.54, 1.807) is 32.1 Å². The molecule has 34 heavy (non-hydrogen) atoms. The summed E-state index contributed by atoms with van der Waals surface area (Å²) in [6.45, 7) is 11.8. The largest absolute Gasteiger partial charge is 0.458 e. The van der Waals surface area contributed by atoms with Gasteiger partial charge in [-0.15, -0.1) is 11.3 Å². The number of nitrogens with one attached hydrogen (secondary N) is 1. The summed E-state index contributed by atoms with van der Waals surface area (Å²) in [5, 5.41) is 27.8. The van der Waals surface area contributed by atoms with E-state index in [4.69, 9.17) is 9.47 Å². The number of carbonyl (C=O) groups is 2. The first kappa shape index (κ1) is 26.9. The lowest BCUT2D eigenvalue weighted by atomic mass is 9.73. The number of nitrogens with zero attached hydrogens (tertiary/aromatic N) is 1. The van der Waals surface area contributed by atoms with Crippen LogP contribution in [0.1, 0.15) is 58.2 Å². The van der Waals surface area contributed by atoms with E-state index in [0.29, 0.717) is 19.5 Å². The summed E-state index contributed by atoms with van der Waals surface area (Å²) in [6.07, 6.45) is -0.595. The topological polar surface area (TPSA) is 121 Å². The summed E-state index contributed by atoms with van der Waals surface area (Å²) in [5.41, 5.74) is 0.441. The summed E-state index contributed by atoms with van der Waals surface area (Å²) < 4.78 is 11.6. The van der Waals surface area contributed by atoms with Crippen LogP contribution in [0.2, 0.25) is 0 Å². The monoisotopic (exact) mass is 494 g/mol. The first-order chi connectivity index (χ1) is 15.9. The summed E-state index contributed by atoms with van der Waals surface area (Å²) in [7, 11) is 0. The fourth-order valence-electron chi connectivity index (χ4n) is 4.47. The first-order valence-corrected chi connectivity index (χ1v) is 12.8. The maximum atomic E-state index is 13.1. The number of ether oxygens (including phenoxy) is 2. The Kier molecular flexibility index (Phi) is 8.68. The van der Waals surface area contributed by atoms with Crippen molar-refractivity contribution in [3.8, 4) is 0 Å². The van der Waals surface area contributed by atoms with E-state index in [1.165, 1.54) is 0 Å². The maximum absolute atomic E-state index is 13.1. The Morgan fingerprint density at radius 3 is 2.59 bits per heavy atom. The molecule has 1 aromatic rings. The molecule has 3 rings (SSSR count). The number of cyclic esters (lactones) is 1. The lowest BCUT2D eigenvalue weighted by Gasteiger charge is -2.34. The molecule has 2 aliphatic rings. The number of hydrogen-bond acceptors (Lipinski definition) is 9. The number of aliphatic hydroxyl groups is 2. The number of aliphatic hydroxyl groups excluding tert-OH is 2. The van der Waals surface area contributed by atoms with Crippen molar-refractivity contribution in [1.29, 1.82) is 0 Å². The highest BCUT2D eigenvalue weighted by Crippen LogP contribution is 2.33. The molecule has 0 saturated carbocycles. The average molecular weight is 495 g/mol. The molecule has 2 saturated heterocycles. The first-order valence-electron chi connectivity index (χ1n) is 12.0. The molecular weight excluding hydrogens is 456 g/mol. The van der Waals surface area contributed by atoms with Crippen molar-refractivity contribution in [2.24, 2.45) is 17.3 Å². The number of fused-ring (bicyclic) bond motifs is 1. The summed E-state index contributed by atoms with van der Waals surface area (Å²) in [5.74, 6) is -1.71. The van der Waals surface area contributed by atoms with Crippen LogP contribution in [0.5, 0.6) is 0 Å². The van der Waals surface area contributed by atoms with Crippen molar-refractivity contribution in [2.75, 3.05) is 13.1 Å². The molecule has 7 atom stereocenters. The molecule has 0 aromatic carbocycles. The SMILES string of the molecule is C/C(=C\c1csc(C)n1)[C@@H]1C[C@@H]2O[C@@H]2CNC[C@H](C)[C@H](O)[C@@H](C)C(=O)C(C)(C)[C@@H](O)CC(=O)O1. The number of epoxide rings is 1. The minimum absolute atomic E-state index is 0.00338. The number of ketones is 1. The van der Waals surface area contributed by atoms with E-state index in [2.05, 4.69) is 10.3 Å². The van der Waals surface area contributed by atoms with Gasteiger partial charge in [0.25, 0.3) is 0 Å². The average Bonchev–Trinajstić information content (AvgIpc) is 3.38. The van der Waals surface area contributed by atoms with Crippen LogP contribution in [-0.4, -0.2) is 70.6 Å². The van der Waals surface area contributed by atoms with Gasteiger partial charge in [-0.1, -0.05) is 27.7 Å². The predicted octanol–water partition coefficient (Wildman–Crippen LogP) is 2.51. The van der Waals surface area contributed by atoms with E-state index in [1.807, 2.05) is 32.2 Å². The zero-order valence-corrected chi connectivity index (χ0v) is 21.7. The highest BCUT2D eigenvalue weighted by Gasteiger charge is 2.44. The van der Waals surface area contributed by atoms with Crippen molar-refractivity contribution in [1.82, 2.24) is 10.3 Å². The number of rotatable bonds is 2. The van der Waals surface area contributed by atoms with Gasteiger partial charge in [-0.3, -0.25) is 9.59 Å². The van der Waals surface area contributed by atoms with Crippen molar-refractivity contribution in [3.05, 3.63) is 21.7 Å². The smallest absolute Gasteiger partial charge is 0.309 e. The van der Waals surface area contributed by atoms with Crippen LogP contribution in [-0.2, 0) is 19.1 Å². The van der Waals surface area contributed by atoms with Gasteiger partial charge in [0, 0.05) is 30.8 Å². The van der Waals surface area contributed by atoms with E-state index in [0.717, 1.165) is 16.3 Å². The number of carbonyl (C=O) groups excluding carboxylic acids is 2. The molecule has 9 heteroatoms. The number of aromatic nitrogens is 1. The molecule has 1 aromatic heterocycles. The van der Waals surface area contributed by atoms with Crippen molar-refractivity contribution in [3.63, 3.8) is 0 Å². The number of aryl methyl sites for hydroxylation is 1. The van der Waals surface area contributed by atoms with Gasteiger partial charge in [0.1, 0.15) is 11.9 Å². The van der Waals surface area contributed by atoms with Crippen LogP contribution >= 0.6 is 11.3 Å². The number of hydrogen-bond donors (Lipinski definition) is 3. The van der Waals surface area contributed by atoms with Crippen LogP contribution in [0.3, 0.4) is 0 Å². The van der Waals surface area contributed by atoms with Crippen LogP contribution in [0.15, 0.2) is 11.0 Å². The molecule has 190 valence electrons. The Hall–Kier alpha value is -1.65. The Morgan fingerprint density at radius 2 is 1.94 bits per heavy atom. The van der Waals surface area contributed by atoms with Crippen molar-refractivity contribution >= 4 is 29.2 Å².